The molecule has 0 saturated carbocycles. The number of aryl methyl sites for hydroxylation is 2. The van der Waals surface area contributed by atoms with Gasteiger partial charge in [0.2, 0.25) is 11.7 Å². The Hall–Kier alpha value is -3.41. The number of nitrogens with one attached hydrogen (secondary N) is 1. The van der Waals surface area contributed by atoms with E-state index in [1.54, 1.807) is 28.2 Å². The van der Waals surface area contributed by atoms with Crippen molar-refractivity contribution in [1.82, 2.24) is 24.5 Å². The fraction of sp³-hybridized carbons (Fsp3) is 0.333. The Kier molecular flexibility index (Phi) is 6.58. The molecule has 0 saturated heterocycles. The molecule has 1 aliphatic rings. The minimum atomic E-state index is -0.353. The van der Waals surface area contributed by atoms with Crippen LogP contribution >= 0.6 is 23.1 Å². The van der Waals surface area contributed by atoms with Gasteiger partial charge >= 0.3 is 0 Å². The van der Waals surface area contributed by atoms with Crippen molar-refractivity contribution in [2.75, 3.05) is 5.75 Å². The molecule has 196 valence electrons. The first-order chi connectivity index (χ1) is 18.4. The number of rotatable bonds is 8. The van der Waals surface area contributed by atoms with Gasteiger partial charge in [0.1, 0.15) is 10.6 Å². The second-order valence-corrected chi connectivity index (χ2v) is 11.9. The normalized spacial score (nSPS) is 14.7. The van der Waals surface area contributed by atoms with Crippen LogP contribution in [0.1, 0.15) is 35.6 Å². The molecule has 1 aliphatic heterocycles. The molecular weight excluding hydrogens is 522 g/mol. The van der Waals surface area contributed by atoms with Crippen molar-refractivity contribution < 1.29 is 13.9 Å². The van der Waals surface area contributed by atoms with Crippen LogP contribution in [0.25, 0.3) is 16.0 Å². The van der Waals surface area contributed by atoms with E-state index in [9.17, 15) is 9.59 Å². The highest BCUT2D eigenvalue weighted by Crippen LogP contribution is 2.38. The number of hydrogen-bond donors (Lipinski definition) is 1. The van der Waals surface area contributed by atoms with E-state index in [2.05, 4.69) is 27.6 Å². The highest BCUT2D eigenvalue weighted by atomic mass is 32.2. The Bertz CT molecular complexity index is 1670. The Balaban J connectivity index is 1.38. The second kappa shape index (κ2) is 10.0. The topological polar surface area (TPSA) is 104 Å². The molecule has 1 amide bonds. The third-order valence-electron chi connectivity index (χ3n) is 6.63. The predicted octanol–water partition coefficient (Wildman–Crippen LogP) is 4.20. The molecule has 38 heavy (non-hydrogen) atoms. The highest BCUT2D eigenvalue weighted by Gasteiger charge is 2.32. The summed E-state index contributed by atoms with van der Waals surface area (Å²) >= 11 is 2.85. The van der Waals surface area contributed by atoms with Gasteiger partial charge in [-0.05, 0) is 43.5 Å². The number of ether oxygens (including phenoxy) is 1. The van der Waals surface area contributed by atoms with Crippen molar-refractivity contribution in [3.63, 3.8) is 0 Å². The van der Waals surface area contributed by atoms with Crippen LogP contribution in [0, 0.1) is 0 Å². The van der Waals surface area contributed by atoms with Gasteiger partial charge in [-0.3, -0.25) is 14.2 Å². The highest BCUT2D eigenvalue weighted by molar-refractivity contribution is 7.99. The Morgan fingerprint density at radius 3 is 2.82 bits per heavy atom. The number of carbonyl (C=O) groups excluding carboxylic acids is 1. The molecule has 0 spiro atoms. The molecular formula is C27H27N5O4S2. The van der Waals surface area contributed by atoms with E-state index in [-0.39, 0.29) is 22.8 Å². The largest absolute Gasteiger partial charge is 0.467 e. The first-order valence-corrected chi connectivity index (χ1v) is 14.2. The lowest BCUT2D eigenvalue weighted by Crippen LogP contribution is -2.32. The molecule has 11 heteroatoms. The van der Waals surface area contributed by atoms with Gasteiger partial charge in [-0.2, -0.15) is 0 Å². The first kappa shape index (κ1) is 24.9. The third kappa shape index (κ3) is 4.77. The standard InChI is InChI=1S/C27H27N5O4S2/c1-27(2)13-19-20(15-36-27)38-24-22(19)23(34)31(11-10-17-7-4-3-5-8-17)25-29-30-26(32(24)25)37-16-21(33)28-14-18-9-6-12-35-18/h3-9,12H,10-11,13-16H2,1-2H3,(H,28,33). The summed E-state index contributed by atoms with van der Waals surface area (Å²) in [5.74, 6) is 1.19. The SMILES string of the molecule is CC1(C)Cc2c(sc3c2c(=O)n(CCc2ccccc2)c2nnc(SCC(=O)NCc4ccco4)n32)CO1. The zero-order valence-corrected chi connectivity index (χ0v) is 22.7. The lowest BCUT2D eigenvalue weighted by Gasteiger charge is -2.29. The average molecular weight is 550 g/mol. The van der Waals surface area contributed by atoms with Crippen molar-refractivity contribution in [2.45, 2.75) is 57.1 Å². The summed E-state index contributed by atoms with van der Waals surface area (Å²) in [6.45, 7) is 5.36. The van der Waals surface area contributed by atoms with Gasteiger partial charge in [0.05, 0.1) is 36.2 Å². The van der Waals surface area contributed by atoms with E-state index in [0.717, 1.165) is 20.8 Å². The number of aromatic nitrogens is 4. The van der Waals surface area contributed by atoms with Crippen molar-refractivity contribution >= 4 is 45.0 Å². The molecule has 1 N–H and O–H groups in total. The summed E-state index contributed by atoms with van der Waals surface area (Å²) in [5.41, 5.74) is 1.77. The van der Waals surface area contributed by atoms with E-state index < -0.39 is 0 Å². The smallest absolute Gasteiger partial charge is 0.263 e. The van der Waals surface area contributed by atoms with Gasteiger partial charge in [0, 0.05) is 17.8 Å². The van der Waals surface area contributed by atoms with Crippen LogP contribution in [0.15, 0.2) is 63.1 Å². The van der Waals surface area contributed by atoms with Gasteiger partial charge < -0.3 is 14.5 Å². The molecule has 0 fully saturated rings. The van der Waals surface area contributed by atoms with E-state index in [4.69, 9.17) is 9.15 Å². The number of thiophene rings is 1. The van der Waals surface area contributed by atoms with Crippen LogP contribution in [0.3, 0.4) is 0 Å². The summed E-state index contributed by atoms with van der Waals surface area (Å²) in [4.78, 5) is 28.3. The first-order valence-electron chi connectivity index (χ1n) is 12.4. The fourth-order valence-corrected chi connectivity index (χ4v) is 6.76. The van der Waals surface area contributed by atoms with Crippen LogP contribution in [-0.2, 0) is 42.1 Å². The summed E-state index contributed by atoms with van der Waals surface area (Å²) in [5, 5.41) is 13.0. The van der Waals surface area contributed by atoms with Gasteiger partial charge in [-0.1, -0.05) is 42.1 Å². The zero-order chi connectivity index (χ0) is 26.3. The lowest BCUT2D eigenvalue weighted by atomic mass is 9.94. The van der Waals surface area contributed by atoms with Crippen LogP contribution in [0.5, 0.6) is 0 Å². The van der Waals surface area contributed by atoms with Crippen LogP contribution in [-0.4, -0.2) is 36.4 Å². The summed E-state index contributed by atoms with van der Waals surface area (Å²) < 4.78 is 15.0. The molecule has 4 aromatic heterocycles. The van der Waals surface area contributed by atoms with Crippen molar-refractivity contribution in [2.24, 2.45) is 0 Å². The summed E-state index contributed by atoms with van der Waals surface area (Å²) in [7, 11) is 0. The molecule has 6 rings (SSSR count). The maximum Gasteiger partial charge on any atom is 0.263 e. The molecule has 0 aliphatic carbocycles. The number of benzene rings is 1. The van der Waals surface area contributed by atoms with Crippen molar-refractivity contribution in [1.29, 1.82) is 0 Å². The summed E-state index contributed by atoms with van der Waals surface area (Å²) in [6, 6.07) is 13.7. The molecule has 5 heterocycles. The lowest BCUT2D eigenvalue weighted by molar-refractivity contribution is -0.118. The van der Waals surface area contributed by atoms with E-state index >= 15 is 0 Å². The molecule has 0 unspecified atom stereocenters. The number of nitrogens with zero attached hydrogens (tertiary/aromatic N) is 4. The average Bonchev–Trinajstić information content (AvgIpc) is 3.65. The van der Waals surface area contributed by atoms with Gasteiger partial charge in [0.15, 0.2) is 5.16 Å². The zero-order valence-electron chi connectivity index (χ0n) is 21.1. The molecule has 1 aromatic carbocycles. The quantitative estimate of drug-likeness (QED) is 0.289. The number of amides is 1. The Morgan fingerprint density at radius 2 is 2.03 bits per heavy atom. The molecule has 0 radical (unpaired) electrons. The molecule has 5 aromatic rings. The Morgan fingerprint density at radius 1 is 1.18 bits per heavy atom. The molecule has 0 bridgehead atoms. The maximum absolute atomic E-state index is 13.9. The number of furan rings is 1. The number of thioether (sulfide) groups is 1. The van der Waals surface area contributed by atoms with Crippen molar-refractivity contribution in [3.8, 4) is 0 Å². The number of hydrogen-bond acceptors (Lipinski definition) is 8. The number of carbonyl (C=O) groups is 1. The van der Waals surface area contributed by atoms with E-state index in [1.165, 1.54) is 11.8 Å². The monoisotopic (exact) mass is 549 g/mol. The maximum atomic E-state index is 13.9. The van der Waals surface area contributed by atoms with Crippen molar-refractivity contribution in [3.05, 3.63) is 80.8 Å². The van der Waals surface area contributed by atoms with E-state index in [1.807, 2.05) is 42.5 Å². The van der Waals surface area contributed by atoms with Crippen LogP contribution < -0.4 is 10.9 Å². The minimum Gasteiger partial charge on any atom is -0.467 e. The van der Waals surface area contributed by atoms with Gasteiger partial charge in [0.25, 0.3) is 5.56 Å². The predicted molar refractivity (Wildman–Crippen MR) is 147 cm³/mol. The molecule has 0 atom stereocenters. The van der Waals surface area contributed by atoms with Crippen LogP contribution in [0.4, 0.5) is 0 Å². The summed E-state index contributed by atoms with van der Waals surface area (Å²) in [6.07, 6.45) is 2.92. The fourth-order valence-electron chi connectivity index (χ4n) is 4.72. The van der Waals surface area contributed by atoms with Gasteiger partial charge in [-0.15, -0.1) is 21.5 Å². The molecule has 9 nitrogen and oxygen atoms in total. The van der Waals surface area contributed by atoms with Crippen LogP contribution in [0.2, 0.25) is 0 Å². The number of fused-ring (bicyclic) bond motifs is 5. The second-order valence-electron chi connectivity index (χ2n) is 9.86. The van der Waals surface area contributed by atoms with Gasteiger partial charge in [-0.25, -0.2) is 4.40 Å². The third-order valence-corrected chi connectivity index (χ3v) is 8.75. The Labute approximate surface area is 226 Å². The van der Waals surface area contributed by atoms with E-state index in [0.29, 0.717) is 54.6 Å². The minimum absolute atomic E-state index is 0.0567.